The van der Waals surface area contributed by atoms with Crippen molar-refractivity contribution in [3.63, 3.8) is 0 Å². The highest BCUT2D eigenvalue weighted by Crippen LogP contribution is 2.33. The molecule has 0 saturated heterocycles. The van der Waals surface area contributed by atoms with Crippen LogP contribution in [0.5, 0.6) is 5.88 Å². The maximum absolute atomic E-state index is 13.4. The van der Waals surface area contributed by atoms with Crippen molar-refractivity contribution in [2.45, 2.75) is 25.4 Å². The Bertz CT molecular complexity index is 1230. The third kappa shape index (κ3) is 8.49. The first-order valence-electron chi connectivity index (χ1n) is 11.3. The number of pyridine rings is 1. The van der Waals surface area contributed by atoms with E-state index in [1.165, 1.54) is 24.3 Å². The number of anilines is 3. The minimum absolute atomic E-state index is 0.121. The van der Waals surface area contributed by atoms with Crippen LogP contribution in [0.15, 0.2) is 73.8 Å². The van der Waals surface area contributed by atoms with Crippen molar-refractivity contribution in [2.24, 2.45) is 0 Å². The molecule has 0 fully saturated rings. The molecule has 0 spiro atoms. The summed E-state index contributed by atoms with van der Waals surface area (Å²) in [7, 11) is 3.48. The van der Waals surface area contributed by atoms with E-state index in [1.54, 1.807) is 13.2 Å². The molecule has 0 bridgehead atoms. The lowest BCUT2D eigenvalue weighted by molar-refractivity contribution is -0.137. The van der Waals surface area contributed by atoms with Crippen molar-refractivity contribution >= 4 is 23.3 Å². The van der Waals surface area contributed by atoms with Gasteiger partial charge >= 0.3 is 6.18 Å². The Kier molecular flexibility index (Phi) is 10.9. The van der Waals surface area contributed by atoms with E-state index in [0.717, 1.165) is 29.9 Å². The molecule has 3 rings (SSSR count). The van der Waals surface area contributed by atoms with E-state index < -0.39 is 17.6 Å². The zero-order valence-corrected chi connectivity index (χ0v) is 20.7. The van der Waals surface area contributed by atoms with Gasteiger partial charge in [-0.3, -0.25) is 4.79 Å². The van der Waals surface area contributed by atoms with Crippen LogP contribution in [0.25, 0.3) is 0 Å². The van der Waals surface area contributed by atoms with Crippen molar-refractivity contribution in [3.8, 4) is 5.88 Å². The Morgan fingerprint density at radius 2 is 1.70 bits per heavy atom. The number of hydrogen-bond acceptors (Lipinski definition) is 5. The highest BCUT2D eigenvalue weighted by molar-refractivity contribution is 5.86. The minimum atomic E-state index is -4.53. The maximum Gasteiger partial charge on any atom is 0.416 e. The van der Waals surface area contributed by atoms with Gasteiger partial charge in [-0.2, -0.15) is 13.2 Å². The van der Waals surface area contributed by atoms with Crippen molar-refractivity contribution < 1.29 is 27.1 Å². The second-order valence-corrected chi connectivity index (χ2v) is 7.76. The lowest BCUT2D eigenvalue weighted by atomic mass is 10.1. The molecule has 2 aromatic carbocycles. The van der Waals surface area contributed by atoms with E-state index in [1.807, 2.05) is 25.3 Å². The molecular formula is C28H29F4N3O2. The normalized spacial score (nSPS) is 10.5. The zero-order valence-electron chi connectivity index (χ0n) is 20.7. The van der Waals surface area contributed by atoms with Crippen molar-refractivity contribution in [3.05, 3.63) is 102 Å². The van der Waals surface area contributed by atoms with Crippen LogP contribution in [0.3, 0.4) is 0 Å². The van der Waals surface area contributed by atoms with Crippen LogP contribution >= 0.6 is 0 Å². The summed E-state index contributed by atoms with van der Waals surface area (Å²) in [6.45, 7) is 7.28. The first kappa shape index (κ1) is 29.1. The molecule has 0 amide bonds. The summed E-state index contributed by atoms with van der Waals surface area (Å²) in [5.74, 6) is 0.221. The number of carbonyl (C=O) groups excluding carboxylic acids is 1. The number of aromatic nitrogens is 1. The Hall–Kier alpha value is -4.14. The number of ether oxygens (including phenoxy) is 1. The smallest absolute Gasteiger partial charge is 0.416 e. The molecule has 0 radical (unpaired) electrons. The van der Waals surface area contributed by atoms with Crippen LogP contribution in [-0.4, -0.2) is 25.4 Å². The topological polar surface area (TPSA) is 63.2 Å². The van der Waals surface area contributed by atoms with Crippen LogP contribution in [0.4, 0.5) is 34.6 Å². The second-order valence-electron chi connectivity index (χ2n) is 7.76. The Morgan fingerprint density at radius 3 is 2.30 bits per heavy atom. The van der Waals surface area contributed by atoms with Gasteiger partial charge in [-0.1, -0.05) is 12.2 Å². The average Bonchev–Trinajstić information content (AvgIpc) is 2.88. The Morgan fingerprint density at radius 1 is 1.00 bits per heavy atom. The van der Waals surface area contributed by atoms with E-state index in [-0.39, 0.29) is 11.3 Å². The van der Waals surface area contributed by atoms with Gasteiger partial charge in [-0.15, -0.1) is 13.2 Å². The van der Waals surface area contributed by atoms with E-state index in [2.05, 4.69) is 28.8 Å². The monoisotopic (exact) mass is 515 g/mol. The van der Waals surface area contributed by atoms with Gasteiger partial charge in [-0.05, 0) is 60.9 Å². The number of methoxy groups -OCH3 is 1. The summed E-state index contributed by atoms with van der Waals surface area (Å²) in [4.78, 5) is 15.4. The van der Waals surface area contributed by atoms with Crippen LogP contribution in [0, 0.1) is 5.82 Å². The zero-order chi connectivity index (χ0) is 27.4. The summed E-state index contributed by atoms with van der Waals surface area (Å²) < 4.78 is 56.6. The molecule has 0 aliphatic rings. The number of halogens is 4. The third-order valence-corrected chi connectivity index (χ3v) is 5.23. The van der Waals surface area contributed by atoms with Crippen LogP contribution in [0.1, 0.15) is 33.6 Å². The summed E-state index contributed by atoms with van der Waals surface area (Å²) >= 11 is 0. The maximum atomic E-state index is 13.4. The van der Waals surface area contributed by atoms with Crippen molar-refractivity contribution in [2.75, 3.05) is 24.8 Å². The number of aryl methyl sites for hydroxylation is 1. The quantitative estimate of drug-likeness (QED) is 0.168. The van der Waals surface area contributed by atoms with E-state index in [0.29, 0.717) is 36.3 Å². The molecule has 1 aromatic heterocycles. The summed E-state index contributed by atoms with van der Waals surface area (Å²) in [5, 5.41) is 5.97. The SMILES string of the molecule is C=CCCc1cc(F)ccc1Nc1ccc(C(F)(F)F)cc1C=O.C=CCc1nc(OC)ccc1NC. The molecule has 196 valence electrons. The van der Waals surface area contributed by atoms with E-state index >= 15 is 0 Å². The Labute approximate surface area is 213 Å². The van der Waals surface area contributed by atoms with Gasteiger partial charge in [0.2, 0.25) is 5.88 Å². The molecule has 9 heteroatoms. The highest BCUT2D eigenvalue weighted by atomic mass is 19.4. The largest absolute Gasteiger partial charge is 0.481 e. The predicted octanol–water partition coefficient (Wildman–Crippen LogP) is 7.38. The molecule has 3 aromatic rings. The predicted molar refractivity (Wildman–Crippen MR) is 139 cm³/mol. The number of nitrogens with one attached hydrogen (secondary N) is 2. The highest BCUT2D eigenvalue weighted by Gasteiger charge is 2.31. The molecular weight excluding hydrogens is 486 g/mol. The van der Waals surface area contributed by atoms with Gasteiger partial charge < -0.3 is 15.4 Å². The minimum Gasteiger partial charge on any atom is -0.481 e. The van der Waals surface area contributed by atoms with Crippen LogP contribution in [0.2, 0.25) is 0 Å². The molecule has 0 unspecified atom stereocenters. The fourth-order valence-corrected chi connectivity index (χ4v) is 3.36. The van der Waals surface area contributed by atoms with Gasteiger partial charge in [0.25, 0.3) is 0 Å². The number of alkyl halides is 3. The summed E-state index contributed by atoms with van der Waals surface area (Å²) in [5.41, 5.74) is 2.35. The second kappa shape index (κ2) is 13.8. The molecule has 5 nitrogen and oxygen atoms in total. The lowest BCUT2D eigenvalue weighted by Gasteiger charge is -2.15. The van der Waals surface area contributed by atoms with Crippen LogP contribution < -0.4 is 15.4 Å². The van der Waals surface area contributed by atoms with Crippen molar-refractivity contribution in [1.29, 1.82) is 0 Å². The summed E-state index contributed by atoms with van der Waals surface area (Å²) in [6, 6.07) is 10.7. The number of carbonyl (C=O) groups is 1. The van der Waals surface area contributed by atoms with Crippen molar-refractivity contribution in [1.82, 2.24) is 4.98 Å². The van der Waals surface area contributed by atoms with Crippen LogP contribution in [-0.2, 0) is 19.0 Å². The first-order chi connectivity index (χ1) is 17.7. The van der Waals surface area contributed by atoms with E-state index in [4.69, 9.17) is 4.74 Å². The fourth-order valence-electron chi connectivity index (χ4n) is 3.36. The van der Waals surface area contributed by atoms with Gasteiger partial charge in [0.05, 0.1) is 24.1 Å². The lowest BCUT2D eigenvalue weighted by Crippen LogP contribution is -2.07. The first-order valence-corrected chi connectivity index (χ1v) is 11.3. The summed E-state index contributed by atoms with van der Waals surface area (Å²) in [6.07, 6.45) is 1.21. The van der Waals surface area contributed by atoms with E-state index in [9.17, 15) is 22.4 Å². The Balaban J connectivity index is 0.000000312. The molecule has 2 N–H and O–H groups in total. The van der Waals surface area contributed by atoms with Gasteiger partial charge in [-0.25, -0.2) is 9.37 Å². The molecule has 0 aliphatic heterocycles. The fraction of sp³-hybridized carbons (Fsp3) is 0.214. The van der Waals surface area contributed by atoms with Gasteiger partial charge in [0, 0.05) is 36.5 Å². The molecule has 0 atom stereocenters. The average molecular weight is 516 g/mol. The van der Waals surface area contributed by atoms with Gasteiger partial charge in [0.1, 0.15) is 5.82 Å². The number of nitrogens with zero attached hydrogens (tertiary/aromatic N) is 1. The van der Waals surface area contributed by atoms with Gasteiger partial charge in [0.15, 0.2) is 6.29 Å². The molecule has 0 saturated carbocycles. The molecule has 1 heterocycles. The number of rotatable bonds is 10. The molecule has 37 heavy (non-hydrogen) atoms. The number of aldehydes is 1. The third-order valence-electron chi connectivity index (χ3n) is 5.23. The number of benzene rings is 2. The standard InChI is InChI=1S/C18H15F4NO.C10H14N2O/c1-2-3-4-12-10-15(19)6-8-16(12)23-17-7-5-14(18(20,21)22)9-13(17)11-24;1-4-5-9-8(11-2)6-7-10(12-9)13-3/h2,5-11,23H,1,3-4H2;4,6-7,11H,1,5H2,2-3H3. The number of allylic oxidation sites excluding steroid dienone is 2. The molecule has 0 aliphatic carbocycles. The number of hydrogen-bond donors (Lipinski definition) is 2.